The quantitative estimate of drug-likeness (QED) is 0.816. The van der Waals surface area contributed by atoms with Crippen LogP contribution in [0.15, 0.2) is 35.0 Å². The van der Waals surface area contributed by atoms with Crippen molar-refractivity contribution in [2.24, 2.45) is 0 Å². The van der Waals surface area contributed by atoms with Crippen molar-refractivity contribution in [1.82, 2.24) is 5.16 Å². The number of nitrogen functional groups attached to an aromatic ring is 1. The van der Waals surface area contributed by atoms with Crippen LogP contribution in [0.4, 0.5) is 18.9 Å². The molecular formula is C10H7F3N2O. The summed E-state index contributed by atoms with van der Waals surface area (Å²) in [5.41, 5.74) is 5.56. The van der Waals surface area contributed by atoms with Gasteiger partial charge in [0, 0.05) is 5.56 Å². The molecule has 0 atom stereocenters. The standard InChI is InChI=1S/C10H7F3N2O/c11-10(12,13)7-3-1-6(2-4-7)9-8(14)5-15-16-9/h1-5H,14H2. The van der Waals surface area contributed by atoms with Gasteiger partial charge in [-0.15, -0.1) is 0 Å². The number of benzene rings is 1. The first-order chi connectivity index (χ1) is 7.48. The van der Waals surface area contributed by atoms with Gasteiger partial charge in [-0.3, -0.25) is 0 Å². The summed E-state index contributed by atoms with van der Waals surface area (Å²) in [5, 5.41) is 3.45. The average molecular weight is 228 g/mol. The molecule has 84 valence electrons. The zero-order valence-electron chi connectivity index (χ0n) is 7.95. The normalized spacial score (nSPS) is 11.7. The van der Waals surface area contributed by atoms with Gasteiger partial charge in [-0.1, -0.05) is 17.3 Å². The number of anilines is 1. The van der Waals surface area contributed by atoms with Crippen molar-refractivity contribution in [3.05, 3.63) is 36.0 Å². The van der Waals surface area contributed by atoms with Gasteiger partial charge in [0.25, 0.3) is 0 Å². The van der Waals surface area contributed by atoms with Gasteiger partial charge in [0.2, 0.25) is 0 Å². The highest BCUT2D eigenvalue weighted by atomic mass is 19.4. The molecular weight excluding hydrogens is 221 g/mol. The molecule has 0 bridgehead atoms. The Morgan fingerprint density at radius 3 is 2.19 bits per heavy atom. The smallest absolute Gasteiger partial charge is 0.394 e. The molecule has 0 aliphatic rings. The van der Waals surface area contributed by atoms with E-state index in [1.54, 1.807) is 0 Å². The first-order valence-corrected chi connectivity index (χ1v) is 4.36. The second-order valence-electron chi connectivity index (χ2n) is 3.19. The lowest BCUT2D eigenvalue weighted by Gasteiger charge is -2.06. The molecule has 0 aliphatic carbocycles. The molecule has 0 spiro atoms. The van der Waals surface area contributed by atoms with E-state index in [2.05, 4.69) is 5.16 Å². The van der Waals surface area contributed by atoms with Gasteiger partial charge in [-0.05, 0) is 12.1 Å². The van der Waals surface area contributed by atoms with E-state index in [1.165, 1.54) is 18.3 Å². The Balaban J connectivity index is 2.37. The number of hydrogen-bond acceptors (Lipinski definition) is 3. The molecule has 6 heteroatoms. The third kappa shape index (κ3) is 1.86. The molecule has 16 heavy (non-hydrogen) atoms. The van der Waals surface area contributed by atoms with E-state index >= 15 is 0 Å². The van der Waals surface area contributed by atoms with Gasteiger partial charge in [0.1, 0.15) is 5.69 Å². The third-order valence-electron chi connectivity index (χ3n) is 2.07. The van der Waals surface area contributed by atoms with Crippen molar-refractivity contribution in [3.8, 4) is 11.3 Å². The van der Waals surface area contributed by atoms with E-state index in [9.17, 15) is 13.2 Å². The summed E-state index contributed by atoms with van der Waals surface area (Å²) in [6.45, 7) is 0. The lowest BCUT2D eigenvalue weighted by atomic mass is 10.1. The van der Waals surface area contributed by atoms with Gasteiger partial charge in [0.05, 0.1) is 11.8 Å². The van der Waals surface area contributed by atoms with E-state index in [-0.39, 0.29) is 5.76 Å². The lowest BCUT2D eigenvalue weighted by molar-refractivity contribution is -0.137. The molecule has 0 unspecified atom stereocenters. The summed E-state index contributed by atoms with van der Waals surface area (Å²) in [7, 11) is 0. The lowest BCUT2D eigenvalue weighted by Crippen LogP contribution is -2.04. The minimum Gasteiger partial charge on any atom is -0.394 e. The third-order valence-corrected chi connectivity index (χ3v) is 2.07. The summed E-state index contributed by atoms with van der Waals surface area (Å²) >= 11 is 0. The Bertz CT molecular complexity index is 488. The maximum Gasteiger partial charge on any atom is 0.416 e. The van der Waals surface area contributed by atoms with Crippen LogP contribution in [-0.2, 0) is 6.18 Å². The molecule has 0 saturated heterocycles. The van der Waals surface area contributed by atoms with Crippen molar-refractivity contribution in [2.45, 2.75) is 6.18 Å². The summed E-state index contributed by atoms with van der Waals surface area (Å²) in [5.74, 6) is 0.272. The summed E-state index contributed by atoms with van der Waals surface area (Å²) in [4.78, 5) is 0. The fourth-order valence-corrected chi connectivity index (χ4v) is 1.28. The van der Waals surface area contributed by atoms with Gasteiger partial charge in [0.15, 0.2) is 5.76 Å². The number of nitrogens with two attached hydrogens (primary N) is 1. The number of nitrogens with zero attached hydrogens (tertiary/aromatic N) is 1. The van der Waals surface area contributed by atoms with E-state index in [1.807, 2.05) is 0 Å². The Labute approximate surface area is 88.7 Å². The molecule has 0 saturated carbocycles. The highest BCUT2D eigenvalue weighted by Gasteiger charge is 2.30. The van der Waals surface area contributed by atoms with Crippen LogP contribution < -0.4 is 5.73 Å². The first-order valence-electron chi connectivity index (χ1n) is 4.36. The van der Waals surface area contributed by atoms with Crippen molar-refractivity contribution in [1.29, 1.82) is 0 Å². The van der Waals surface area contributed by atoms with E-state index in [4.69, 9.17) is 10.3 Å². The van der Waals surface area contributed by atoms with Crippen LogP contribution >= 0.6 is 0 Å². The van der Waals surface area contributed by atoms with Crippen LogP contribution in [0.2, 0.25) is 0 Å². The second-order valence-corrected chi connectivity index (χ2v) is 3.19. The van der Waals surface area contributed by atoms with E-state index in [0.29, 0.717) is 11.3 Å². The van der Waals surface area contributed by atoms with Gasteiger partial charge in [-0.25, -0.2) is 0 Å². The van der Waals surface area contributed by atoms with Crippen LogP contribution in [0.1, 0.15) is 5.56 Å². The Morgan fingerprint density at radius 2 is 1.75 bits per heavy atom. The Hall–Kier alpha value is -1.98. The zero-order chi connectivity index (χ0) is 11.8. The van der Waals surface area contributed by atoms with Crippen molar-refractivity contribution < 1.29 is 17.7 Å². The Kier molecular flexibility index (Phi) is 2.34. The molecule has 2 N–H and O–H groups in total. The minimum absolute atomic E-state index is 0.272. The molecule has 1 aromatic carbocycles. The van der Waals surface area contributed by atoms with Crippen molar-refractivity contribution in [2.75, 3.05) is 5.73 Å². The van der Waals surface area contributed by atoms with Crippen LogP contribution in [0.3, 0.4) is 0 Å². The van der Waals surface area contributed by atoms with Crippen molar-refractivity contribution >= 4 is 5.69 Å². The minimum atomic E-state index is -4.34. The van der Waals surface area contributed by atoms with Gasteiger partial charge in [-0.2, -0.15) is 13.2 Å². The van der Waals surface area contributed by atoms with Crippen LogP contribution in [0.5, 0.6) is 0 Å². The molecule has 3 nitrogen and oxygen atoms in total. The SMILES string of the molecule is Nc1cnoc1-c1ccc(C(F)(F)F)cc1. The van der Waals surface area contributed by atoms with Crippen LogP contribution in [-0.4, -0.2) is 5.16 Å². The second kappa shape index (κ2) is 3.55. The maximum atomic E-state index is 12.3. The average Bonchev–Trinajstić information content (AvgIpc) is 2.63. The zero-order valence-corrected chi connectivity index (χ0v) is 7.95. The van der Waals surface area contributed by atoms with Crippen molar-refractivity contribution in [3.63, 3.8) is 0 Å². The summed E-state index contributed by atoms with van der Waals surface area (Å²) in [6, 6.07) is 4.52. The van der Waals surface area contributed by atoms with E-state index in [0.717, 1.165) is 12.1 Å². The first kappa shape index (κ1) is 10.5. The molecule has 0 radical (unpaired) electrons. The topological polar surface area (TPSA) is 52.0 Å². The molecule has 0 amide bonds. The molecule has 0 aliphatic heterocycles. The fraction of sp³-hybridized carbons (Fsp3) is 0.100. The van der Waals surface area contributed by atoms with Gasteiger partial charge < -0.3 is 10.3 Å². The fourth-order valence-electron chi connectivity index (χ4n) is 1.28. The Morgan fingerprint density at radius 1 is 1.12 bits per heavy atom. The maximum absolute atomic E-state index is 12.3. The largest absolute Gasteiger partial charge is 0.416 e. The monoisotopic (exact) mass is 228 g/mol. The summed E-state index contributed by atoms with van der Waals surface area (Å²) in [6.07, 6.45) is -3.04. The molecule has 2 aromatic rings. The van der Waals surface area contributed by atoms with Gasteiger partial charge >= 0.3 is 6.18 Å². The highest BCUT2D eigenvalue weighted by Crippen LogP contribution is 2.32. The number of alkyl halides is 3. The molecule has 1 heterocycles. The number of hydrogen-bond donors (Lipinski definition) is 1. The van der Waals surface area contributed by atoms with Crippen LogP contribution in [0, 0.1) is 0 Å². The summed E-state index contributed by atoms with van der Waals surface area (Å²) < 4.78 is 41.7. The number of halogens is 3. The predicted octanol–water partition coefficient (Wildman–Crippen LogP) is 2.94. The molecule has 0 fully saturated rings. The molecule has 2 rings (SSSR count). The van der Waals surface area contributed by atoms with E-state index < -0.39 is 11.7 Å². The molecule has 1 aromatic heterocycles. The number of rotatable bonds is 1. The van der Waals surface area contributed by atoms with Crippen LogP contribution in [0.25, 0.3) is 11.3 Å². The number of aromatic nitrogens is 1. The highest BCUT2D eigenvalue weighted by molar-refractivity contribution is 5.69. The predicted molar refractivity (Wildman–Crippen MR) is 51.4 cm³/mol.